The molecule has 0 bridgehead atoms. The van der Waals surface area contributed by atoms with E-state index >= 15 is 0 Å². The molecular weight excluding hydrogens is 502 g/mol. The van der Waals surface area contributed by atoms with Gasteiger partial charge in [0.05, 0.1) is 38.1 Å². The van der Waals surface area contributed by atoms with Gasteiger partial charge in [0.15, 0.2) is 11.5 Å². The van der Waals surface area contributed by atoms with Crippen LogP contribution in [-0.4, -0.2) is 62.3 Å². The largest absolute Gasteiger partial charge is 0.493 e. The van der Waals surface area contributed by atoms with Gasteiger partial charge in [-0.15, -0.1) is 0 Å². The van der Waals surface area contributed by atoms with Crippen molar-refractivity contribution >= 4 is 35.4 Å². The summed E-state index contributed by atoms with van der Waals surface area (Å²) in [5, 5.41) is 2.87. The van der Waals surface area contributed by atoms with E-state index in [1.165, 1.54) is 14.2 Å². The molecular formula is C29H29N3O7. The lowest BCUT2D eigenvalue weighted by Crippen LogP contribution is -2.35. The van der Waals surface area contributed by atoms with Crippen molar-refractivity contribution in [2.24, 2.45) is 4.99 Å². The van der Waals surface area contributed by atoms with E-state index in [-0.39, 0.29) is 36.6 Å². The number of nitrogens with zero attached hydrogens (tertiary/aromatic N) is 2. The number of methoxy groups -OCH3 is 2. The summed E-state index contributed by atoms with van der Waals surface area (Å²) in [5.41, 5.74) is 2.36. The summed E-state index contributed by atoms with van der Waals surface area (Å²) in [6.07, 6.45) is 4.41. The molecule has 5 rings (SSSR count). The first-order valence-electron chi connectivity index (χ1n) is 12.7. The van der Waals surface area contributed by atoms with Crippen LogP contribution in [0.4, 0.5) is 11.4 Å². The number of rotatable bonds is 9. The monoisotopic (exact) mass is 531 g/mol. The topological polar surface area (TPSA) is 120 Å². The number of carbonyl (C=O) groups excluding carboxylic acids is 3. The summed E-state index contributed by atoms with van der Waals surface area (Å²) >= 11 is 0. The molecule has 2 amide bonds. The Morgan fingerprint density at radius 2 is 2.00 bits per heavy atom. The second-order valence-corrected chi connectivity index (χ2v) is 9.24. The van der Waals surface area contributed by atoms with Crippen LogP contribution in [0, 0.1) is 0 Å². The van der Waals surface area contributed by atoms with Gasteiger partial charge in [0.2, 0.25) is 11.7 Å². The molecule has 0 unspecified atom stereocenters. The number of anilines is 1. The Balaban J connectivity index is 1.16. The lowest BCUT2D eigenvalue weighted by Gasteiger charge is -2.20. The first-order valence-corrected chi connectivity index (χ1v) is 12.7. The maximum Gasteiger partial charge on any atom is 0.373 e. The van der Waals surface area contributed by atoms with Crippen molar-refractivity contribution in [1.29, 1.82) is 0 Å². The van der Waals surface area contributed by atoms with Crippen LogP contribution in [0.2, 0.25) is 0 Å². The molecule has 3 aromatic rings. The first kappa shape index (κ1) is 26.0. The third kappa shape index (κ3) is 5.64. The highest BCUT2D eigenvalue weighted by molar-refractivity contribution is 6.03. The molecule has 2 aromatic carbocycles. The van der Waals surface area contributed by atoms with E-state index in [0.29, 0.717) is 46.2 Å². The third-order valence-electron chi connectivity index (χ3n) is 6.69. The van der Waals surface area contributed by atoms with E-state index in [9.17, 15) is 14.4 Å². The van der Waals surface area contributed by atoms with E-state index in [4.69, 9.17) is 13.9 Å². The van der Waals surface area contributed by atoms with Crippen molar-refractivity contribution in [3.8, 4) is 22.8 Å². The number of aliphatic imine (C=N–C) groups is 1. The van der Waals surface area contributed by atoms with Gasteiger partial charge in [0.25, 0.3) is 5.91 Å². The molecule has 1 atom stereocenters. The summed E-state index contributed by atoms with van der Waals surface area (Å²) in [6, 6.07) is 13.8. The Kier molecular flexibility index (Phi) is 7.62. The fourth-order valence-corrected chi connectivity index (χ4v) is 4.71. The van der Waals surface area contributed by atoms with E-state index in [2.05, 4.69) is 15.0 Å². The number of furan rings is 1. The minimum absolute atomic E-state index is 0.0240. The van der Waals surface area contributed by atoms with Crippen molar-refractivity contribution in [3.05, 3.63) is 59.9 Å². The van der Waals surface area contributed by atoms with Crippen molar-refractivity contribution in [2.45, 2.75) is 31.7 Å². The molecule has 202 valence electrons. The Bertz CT molecular complexity index is 1430. The molecule has 2 aliphatic heterocycles. The molecule has 1 aromatic heterocycles. The van der Waals surface area contributed by atoms with Crippen molar-refractivity contribution in [2.75, 3.05) is 32.7 Å². The van der Waals surface area contributed by atoms with Gasteiger partial charge in [-0.2, -0.15) is 0 Å². The molecule has 0 radical (unpaired) electrons. The van der Waals surface area contributed by atoms with E-state index in [1.807, 2.05) is 17.2 Å². The summed E-state index contributed by atoms with van der Waals surface area (Å²) in [4.78, 5) is 43.6. The quantitative estimate of drug-likeness (QED) is 0.309. The van der Waals surface area contributed by atoms with Crippen molar-refractivity contribution in [1.82, 2.24) is 4.90 Å². The molecule has 1 saturated heterocycles. The fourth-order valence-electron chi connectivity index (χ4n) is 4.71. The molecule has 10 heteroatoms. The van der Waals surface area contributed by atoms with Gasteiger partial charge < -0.3 is 28.8 Å². The van der Waals surface area contributed by atoms with Crippen LogP contribution in [0.15, 0.2) is 57.9 Å². The normalized spacial score (nSPS) is 15.8. The first-order chi connectivity index (χ1) is 19.0. The highest BCUT2D eigenvalue weighted by Crippen LogP contribution is 2.38. The second-order valence-electron chi connectivity index (χ2n) is 9.24. The molecule has 3 heterocycles. The van der Waals surface area contributed by atoms with Gasteiger partial charge in [0, 0.05) is 36.5 Å². The molecule has 1 N–H and O–H groups in total. The maximum absolute atomic E-state index is 13.0. The Morgan fingerprint density at radius 1 is 1.13 bits per heavy atom. The molecule has 2 aliphatic rings. The third-order valence-corrected chi connectivity index (χ3v) is 6.69. The average molecular weight is 532 g/mol. The van der Waals surface area contributed by atoms with Gasteiger partial charge >= 0.3 is 5.97 Å². The lowest BCUT2D eigenvalue weighted by molar-refractivity contribution is -0.116. The zero-order valence-electron chi connectivity index (χ0n) is 21.8. The number of hydrogen-bond donors (Lipinski definition) is 1. The average Bonchev–Trinajstić information content (AvgIpc) is 3.61. The van der Waals surface area contributed by atoms with Crippen molar-refractivity contribution in [3.63, 3.8) is 0 Å². The summed E-state index contributed by atoms with van der Waals surface area (Å²) in [5.74, 6) is 0.734. The SMILES string of the molecule is COC(=O)c1ccc(-c2cccc(NC(=O)CCCOc3cc4c(cc3OC)C(=O)N3CCC[C@H]3C=N4)c2)o1. The standard InChI is InChI=1S/C29H29N3O7/c1-36-25-15-21-22(30-17-20-8-4-12-32(20)28(21)34)16-26(25)38-13-5-9-27(33)31-19-7-3-6-18(14-19)23-10-11-24(39-23)29(35)37-2/h3,6-7,10-11,14-17,20H,4-5,8-9,12-13H2,1-2H3,(H,31,33)/t20-/m0/s1. The van der Waals surface area contributed by atoms with Crippen LogP contribution >= 0.6 is 0 Å². The Hall–Kier alpha value is -4.60. The second kappa shape index (κ2) is 11.4. The number of amides is 2. The van der Waals surface area contributed by atoms with Gasteiger partial charge in [-0.3, -0.25) is 14.6 Å². The maximum atomic E-state index is 13.0. The van der Waals surface area contributed by atoms with Crippen molar-refractivity contribution < 1.29 is 33.0 Å². The molecule has 0 spiro atoms. The van der Waals surface area contributed by atoms with Gasteiger partial charge in [-0.1, -0.05) is 12.1 Å². The smallest absolute Gasteiger partial charge is 0.373 e. The molecule has 0 aliphatic carbocycles. The van der Waals surface area contributed by atoms with Gasteiger partial charge in [-0.05, 0) is 49.6 Å². The Labute approximate surface area is 225 Å². The zero-order valence-corrected chi connectivity index (χ0v) is 21.8. The molecule has 1 fully saturated rings. The number of esters is 1. The molecule has 10 nitrogen and oxygen atoms in total. The highest BCUT2D eigenvalue weighted by Gasteiger charge is 2.32. The summed E-state index contributed by atoms with van der Waals surface area (Å²) in [7, 11) is 2.81. The minimum atomic E-state index is -0.557. The lowest BCUT2D eigenvalue weighted by atomic mass is 10.1. The minimum Gasteiger partial charge on any atom is -0.493 e. The predicted molar refractivity (Wildman–Crippen MR) is 144 cm³/mol. The molecule has 39 heavy (non-hydrogen) atoms. The number of fused-ring (bicyclic) bond motifs is 2. The number of hydrogen-bond acceptors (Lipinski definition) is 8. The predicted octanol–water partition coefficient (Wildman–Crippen LogP) is 4.86. The van der Waals surface area contributed by atoms with Crippen LogP contribution in [0.3, 0.4) is 0 Å². The zero-order chi connectivity index (χ0) is 27.4. The summed E-state index contributed by atoms with van der Waals surface area (Å²) < 4.78 is 21.6. The fraction of sp³-hybridized carbons (Fsp3) is 0.310. The Morgan fingerprint density at radius 3 is 2.82 bits per heavy atom. The van der Waals surface area contributed by atoms with Crippen LogP contribution in [0.1, 0.15) is 46.6 Å². The summed E-state index contributed by atoms with van der Waals surface area (Å²) in [6.45, 7) is 0.999. The van der Waals surface area contributed by atoms with Crippen LogP contribution in [0.25, 0.3) is 11.3 Å². The highest BCUT2D eigenvalue weighted by atomic mass is 16.5. The van der Waals surface area contributed by atoms with E-state index in [1.54, 1.807) is 42.5 Å². The number of carbonyl (C=O) groups is 3. The van der Waals surface area contributed by atoms with Gasteiger partial charge in [0.1, 0.15) is 5.76 Å². The van der Waals surface area contributed by atoms with E-state index < -0.39 is 5.97 Å². The number of nitrogens with one attached hydrogen (secondary N) is 1. The van der Waals surface area contributed by atoms with Crippen LogP contribution in [-0.2, 0) is 9.53 Å². The van der Waals surface area contributed by atoms with E-state index in [0.717, 1.165) is 19.4 Å². The van der Waals surface area contributed by atoms with Gasteiger partial charge in [-0.25, -0.2) is 4.79 Å². The number of ether oxygens (including phenoxy) is 3. The number of benzene rings is 2. The molecule has 0 saturated carbocycles. The van der Waals surface area contributed by atoms with Crippen LogP contribution < -0.4 is 14.8 Å². The van der Waals surface area contributed by atoms with Crippen LogP contribution in [0.5, 0.6) is 11.5 Å².